The summed E-state index contributed by atoms with van der Waals surface area (Å²) in [6.45, 7) is 1.27. The predicted molar refractivity (Wildman–Crippen MR) is 72.2 cm³/mol. The van der Waals surface area contributed by atoms with Crippen LogP contribution in [0.5, 0.6) is 0 Å². The van der Waals surface area contributed by atoms with Gasteiger partial charge in [-0.05, 0) is 12.8 Å². The summed E-state index contributed by atoms with van der Waals surface area (Å²) in [5, 5.41) is 2.69. The zero-order valence-corrected chi connectivity index (χ0v) is 11.8. The van der Waals surface area contributed by atoms with Crippen LogP contribution >= 0.6 is 0 Å². The standard InChI is InChI=1S/C11H20N4O3S/c1-19(17,18)8-3-10(12)11(16)14-4-2-6-15-7-5-13-9-15/h5,7,9-10H,2-4,6,8,12H2,1H3,(H,14,16). The lowest BCUT2D eigenvalue weighted by molar-refractivity contribution is -0.122. The Bertz CT molecular complexity index is 484. The van der Waals surface area contributed by atoms with Crippen LogP contribution in [-0.2, 0) is 21.2 Å². The summed E-state index contributed by atoms with van der Waals surface area (Å²) < 4.78 is 23.8. The highest BCUT2D eigenvalue weighted by atomic mass is 32.2. The highest BCUT2D eigenvalue weighted by Crippen LogP contribution is 1.95. The number of amides is 1. The number of hydrogen-bond acceptors (Lipinski definition) is 5. The van der Waals surface area contributed by atoms with Crippen LogP contribution in [0.4, 0.5) is 0 Å². The molecule has 3 N–H and O–H groups in total. The van der Waals surface area contributed by atoms with Gasteiger partial charge in [0.15, 0.2) is 0 Å². The SMILES string of the molecule is CS(=O)(=O)CCC(N)C(=O)NCCCn1ccnc1. The lowest BCUT2D eigenvalue weighted by Gasteiger charge is -2.11. The molecule has 8 heteroatoms. The molecule has 0 aromatic carbocycles. The summed E-state index contributed by atoms with van der Waals surface area (Å²) in [7, 11) is -3.08. The summed E-state index contributed by atoms with van der Waals surface area (Å²) in [6, 6.07) is -0.775. The van der Waals surface area contributed by atoms with Crippen LogP contribution in [0.15, 0.2) is 18.7 Å². The third-order valence-corrected chi connectivity index (χ3v) is 3.57. The van der Waals surface area contributed by atoms with Crippen molar-refractivity contribution >= 4 is 15.7 Å². The van der Waals surface area contributed by atoms with Crippen molar-refractivity contribution in [1.29, 1.82) is 0 Å². The molecule has 1 atom stereocenters. The Hall–Kier alpha value is -1.41. The molecule has 0 aliphatic heterocycles. The quantitative estimate of drug-likeness (QED) is 0.606. The summed E-state index contributed by atoms with van der Waals surface area (Å²) >= 11 is 0. The second-order valence-electron chi connectivity index (χ2n) is 4.47. The highest BCUT2D eigenvalue weighted by molar-refractivity contribution is 7.90. The third kappa shape index (κ3) is 6.92. The topological polar surface area (TPSA) is 107 Å². The third-order valence-electron chi connectivity index (χ3n) is 2.59. The van der Waals surface area contributed by atoms with Crippen molar-refractivity contribution in [3.63, 3.8) is 0 Å². The van der Waals surface area contributed by atoms with Crippen molar-refractivity contribution in [3.8, 4) is 0 Å². The smallest absolute Gasteiger partial charge is 0.236 e. The molecule has 0 aliphatic rings. The fourth-order valence-electron chi connectivity index (χ4n) is 1.50. The maximum Gasteiger partial charge on any atom is 0.236 e. The maximum absolute atomic E-state index is 11.6. The number of aryl methyl sites for hydroxylation is 1. The van der Waals surface area contributed by atoms with Gasteiger partial charge in [-0.2, -0.15) is 0 Å². The molecule has 0 fully saturated rings. The van der Waals surface area contributed by atoms with E-state index >= 15 is 0 Å². The lowest BCUT2D eigenvalue weighted by Crippen LogP contribution is -2.42. The number of imidazole rings is 1. The van der Waals surface area contributed by atoms with Crippen molar-refractivity contribution in [2.24, 2.45) is 5.73 Å². The fraction of sp³-hybridized carbons (Fsp3) is 0.636. The van der Waals surface area contributed by atoms with Crippen molar-refractivity contribution in [3.05, 3.63) is 18.7 Å². The molecule has 1 heterocycles. The van der Waals surface area contributed by atoms with Gasteiger partial charge in [-0.25, -0.2) is 13.4 Å². The van der Waals surface area contributed by atoms with E-state index in [1.165, 1.54) is 0 Å². The first-order chi connectivity index (χ1) is 8.88. The van der Waals surface area contributed by atoms with Crippen LogP contribution in [-0.4, -0.2) is 48.5 Å². The molecule has 1 aromatic rings. The van der Waals surface area contributed by atoms with Crippen molar-refractivity contribution < 1.29 is 13.2 Å². The second kappa shape index (κ2) is 7.25. The molecule has 0 bridgehead atoms. The van der Waals surface area contributed by atoms with Crippen LogP contribution in [0.2, 0.25) is 0 Å². The minimum atomic E-state index is -3.08. The molecule has 0 saturated carbocycles. The van der Waals surface area contributed by atoms with E-state index in [1.807, 2.05) is 10.8 Å². The molecule has 0 saturated heterocycles. The van der Waals surface area contributed by atoms with E-state index in [2.05, 4.69) is 10.3 Å². The minimum Gasteiger partial charge on any atom is -0.355 e. The number of aromatic nitrogens is 2. The Morgan fingerprint density at radius 3 is 2.84 bits per heavy atom. The van der Waals surface area contributed by atoms with Gasteiger partial charge in [-0.15, -0.1) is 0 Å². The zero-order chi connectivity index (χ0) is 14.3. The van der Waals surface area contributed by atoms with Gasteiger partial charge in [0.1, 0.15) is 9.84 Å². The van der Waals surface area contributed by atoms with Crippen LogP contribution < -0.4 is 11.1 Å². The lowest BCUT2D eigenvalue weighted by atomic mass is 10.2. The molecule has 108 valence electrons. The average Bonchev–Trinajstić information content (AvgIpc) is 2.83. The van der Waals surface area contributed by atoms with Gasteiger partial charge in [0.05, 0.1) is 18.1 Å². The molecule has 0 radical (unpaired) electrons. The van der Waals surface area contributed by atoms with Crippen molar-refractivity contribution in [1.82, 2.24) is 14.9 Å². The van der Waals surface area contributed by atoms with E-state index in [0.717, 1.165) is 19.2 Å². The molecule has 1 unspecified atom stereocenters. The summed E-state index contributed by atoms with van der Waals surface area (Å²) in [5.41, 5.74) is 5.61. The van der Waals surface area contributed by atoms with Crippen LogP contribution in [0.1, 0.15) is 12.8 Å². The van der Waals surface area contributed by atoms with E-state index in [1.54, 1.807) is 12.5 Å². The molecule has 19 heavy (non-hydrogen) atoms. The Morgan fingerprint density at radius 2 is 2.26 bits per heavy atom. The van der Waals surface area contributed by atoms with Crippen molar-refractivity contribution in [2.45, 2.75) is 25.4 Å². The number of sulfone groups is 1. The van der Waals surface area contributed by atoms with Gasteiger partial charge < -0.3 is 15.6 Å². The molecule has 0 aliphatic carbocycles. The van der Waals surface area contributed by atoms with E-state index in [9.17, 15) is 13.2 Å². The Balaban J connectivity index is 2.16. The monoisotopic (exact) mass is 288 g/mol. The molecule has 7 nitrogen and oxygen atoms in total. The van der Waals surface area contributed by atoms with Gasteiger partial charge in [0, 0.05) is 31.7 Å². The van der Waals surface area contributed by atoms with E-state index in [4.69, 9.17) is 5.73 Å². The predicted octanol–water partition coefficient (Wildman–Crippen LogP) is -0.849. The zero-order valence-electron chi connectivity index (χ0n) is 10.9. The van der Waals surface area contributed by atoms with Gasteiger partial charge in [0.25, 0.3) is 0 Å². The number of carbonyl (C=O) groups is 1. The second-order valence-corrected chi connectivity index (χ2v) is 6.73. The largest absolute Gasteiger partial charge is 0.355 e. The minimum absolute atomic E-state index is 0.0728. The van der Waals surface area contributed by atoms with E-state index in [0.29, 0.717) is 6.54 Å². The number of hydrogen-bond donors (Lipinski definition) is 2. The van der Waals surface area contributed by atoms with Crippen LogP contribution in [0.25, 0.3) is 0 Å². The fourth-order valence-corrected chi connectivity index (χ4v) is 2.18. The molecule has 0 spiro atoms. The Labute approximate surface area is 113 Å². The number of nitrogens with two attached hydrogens (primary N) is 1. The number of rotatable bonds is 8. The van der Waals surface area contributed by atoms with Gasteiger partial charge >= 0.3 is 0 Å². The summed E-state index contributed by atoms with van der Waals surface area (Å²) in [4.78, 5) is 15.5. The summed E-state index contributed by atoms with van der Waals surface area (Å²) in [6.07, 6.45) is 7.29. The number of nitrogens with one attached hydrogen (secondary N) is 1. The molecule has 1 aromatic heterocycles. The van der Waals surface area contributed by atoms with Crippen molar-refractivity contribution in [2.75, 3.05) is 18.6 Å². The maximum atomic E-state index is 11.6. The molecule has 1 rings (SSSR count). The number of nitrogens with zero attached hydrogens (tertiary/aromatic N) is 2. The first-order valence-corrected chi connectivity index (χ1v) is 8.11. The first kappa shape index (κ1) is 15.6. The van der Waals surface area contributed by atoms with E-state index < -0.39 is 15.9 Å². The highest BCUT2D eigenvalue weighted by Gasteiger charge is 2.15. The first-order valence-electron chi connectivity index (χ1n) is 6.05. The molecule has 1 amide bonds. The van der Waals surface area contributed by atoms with E-state index in [-0.39, 0.29) is 18.1 Å². The summed E-state index contributed by atoms with van der Waals surface area (Å²) in [5.74, 6) is -0.384. The van der Waals surface area contributed by atoms with Crippen LogP contribution in [0.3, 0.4) is 0 Å². The van der Waals surface area contributed by atoms with Crippen LogP contribution in [0, 0.1) is 0 Å². The Kier molecular flexibility index (Phi) is 5.97. The Morgan fingerprint density at radius 1 is 1.53 bits per heavy atom. The van der Waals surface area contributed by atoms with Gasteiger partial charge in [0.2, 0.25) is 5.91 Å². The molecular weight excluding hydrogens is 268 g/mol. The number of carbonyl (C=O) groups excluding carboxylic acids is 1. The van der Waals surface area contributed by atoms with Gasteiger partial charge in [-0.1, -0.05) is 0 Å². The normalized spacial score (nSPS) is 13.2. The molecular formula is C11H20N4O3S. The average molecular weight is 288 g/mol. The van der Waals surface area contributed by atoms with Gasteiger partial charge in [-0.3, -0.25) is 4.79 Å².